The molecule has 34 heavy (non-hydrogen) atoms. The highest BCUT2D eigenvalue weighted by atomic mass is 16.6. The summed E-state index contributed by atoms with van der Waals surface area (Å²) in [5, 5.41) is 20.1. The van der Waals surface area contributed by atoms with E-state index in [0.717, 1.165) is 38.5 Å². The van der Waals surface area contributed by atoms with Crippen molar-refractivity contribution >= 4 is 17.9 Å². The van der Waals surface area contributed by atoms with Crippen LogP contribution in [0.15, 0.2) is 18.2 Å². The third kappa shape index (κ3) is 5.83. The molecular formula is C25H34O9. The van der Waals surface area contributed by atoms with Gasteiger partial charge in [0.15, 0.2) is 0 Å². The molecule has 1 aromatic rings. The predicted molar refractivity (Wildman–Crippen MR) is 121 cm³/mol. The van der Waals surface area contributed by atoms with Crippen LogP contribution >= 0.6 is 0 Å². The topological polar surface area (TPSA) is 132 Å². The Bertz CT molecular complexity index is 888. The Hall–Kier alpha value is -2.33. The van der Waals surface area contributed by atoms with Crippen molar-refractivity contribution in [1.82, 2.24) is 0 Å². The molecule has 2 atom stereocenters. The maximum absolute atomic E-state index is 12.6. The van der Waals surface area contributed by atoms with Crippen molar-refractivity contribution in [3.8, 4) is 0 Å². The fourth-order valence-corrected chi connectivity index (χ4v) is 4.12. The van der Waals surface area contributed by atoms with Crippen LogP contribution in [0.2, 0.25) is 0 Å². The third-order valence-electron chi connectivity index (χ3n) is 6.70. The van der Waals surface area contributed by atoms with Gasteiger partial charge in [0, 0.05) is 0 Å². The first-order chi connectivity index (χ1) is 16.3. The summed E-state index contributed by atoms with van der Waals surface area (Å²) in [6.45, 7) is 3.58. The zero-order valence-electron chi connectivity index (χ0n) is 19.8. The monoisotopic (exact) mass is 478 g/mol. The van der Waals surface area contributed by atoms with Gasteiger partial charge in [0.05, 0.1) is 54.1 Å². The highest BCUT2D eigenvalue weighted by Crippen LogP contribution is 2.38. The van der Waals surface area contributed by atoms with E-state index in [1.165, 1.54) is 18.2 Å². The molecule has 9 nitrogen and oxygen atoms in total. The van der Waals surface area contributed by atoms with Crippen LogP contribution in [0.5, 0.6) is 0 Å². The van der Waals surface area contributed by atoms with E-state index in [9.17, 15) is 24.6 Å². The number of ether oxygens (including phenoxy) is 4. The average molecular weight is 479 g/mol. The van der Waals surface area contributed by atoms with Gasteiger partial charge in [-0.05, 0) is 31.0 Å². The highest BCUT2D eigenvalue weighted by molar-refractivity contribution is 6.15. The zero-order chi connectivity index (χ0) is 24.8. The Kier molecular flexibility index (Phi) is 8.81. The summed E-state index contributed by atoms with van der Waals surface area (Å²) in [6, 6.07) is 3.93. The van der Waals surface area contributed by atoms with Crippen LogP contribution in [0.25, 0.3) is 0 Å². The molecule has 2 aliphatic rings. The number of epoxide rings is 1. The third-order valence-corrected chi connectivity index (χ3v) is 6.70. The van der Waals surface area contributed by atoms with Crippen LogP contribution in [0.1, 0.15) is 83.4 Å². The van der Waals surface area contributed by atoms with Crippen molar-refractivity contribution in [3.05, 3.63) is 34.9 Å². The standard InChI is InChI=1S/C25H34O9/c1-3-5-6-7-10-25(4-2,20-12-31-20)33-16-24(13-26,14-27)15-32-21(28)17-8-9-18-19(11-17)23(30)34-22(18)29/h8-9,11,20,26-27H,3-7,10,12-16H2,1-2H3. The van der Waals surface area contributed by atoms with Crippen molar-refractivity contribution in [3.63, 3.8) is 0 Å². The van der Waals surface area contributed by atoms with Gasteiger partial charge in [-0.25, -0.2) is 14.4 Å². The number of carbonyl (C=O) groups excluding carboxylic acids is 3. The smallest absolute Gasteiger partial charge is 0.346 e. The molecule has 2 aliphatic heterocycles. The van der Waals surface area contributed by atoms with Crippen molar-refractivity contribution in [1.29, 1.82) is 0 Å². The molecule has 1 aromatic carbocycles. The Morgan fingerprint density at radius 1 is 1.06 bits per heavy atom. The molecule has 0 aromatic heterocycles. The van der Waals surface area contributed by atoms with Gasteiger partial charge in [-0.15, -0.1) is 0 Å². The molecule has 1 fully saturated rings. The number of fused-ring (bicyclic) bond motifs is 1. The van der Waals surface area contributed by atoms with Gasteiger partial charge in [0.2, 0.25) is 0 Å². The van der Waals surface area contributed by atoms with E-state index in [1.54, 1.807) is 0 Å². The second-order valence-electron chi connectivity index (χ2n) is 9.17. The summed E-state index contributed by atoms with van der Waals surface area (Å²) in [4.78, 5) is 35.9. The van der Waals surface area contributed by atoms with Crippen molar-refractivity contribution in [2.45, 2.75) is 64.1 Å². The van der Waals surface area contributed by atoms with E-state index in [1.807, 2.05) is 6.92 Å². The summed E-state index contributed by atoms with van der Waals surface area (Å²) in [5.74, 6) is -2.33. The number of rotatable bonds is 15. The van der Waals surface area contributed by atoms with Crippen LogP contribution in [-0.4, -0.2) is 72.9 Å². The number of hydrogen-bond donors (Lipinski definition) is 2. The number of aliphatic hydroxyl groups is 2. The molecule has 3 rings (SSSR count). The molecule has 0 bridgehead atoms. The second kappa shape index (κ2) is 11.4. The molecule has 188 valence electrons. The van der Waals surface area contributed by atoms with E-state index < -0.39 is 42.1 Å². The van der Waals surface area contributed by atoms with Gasteiger partial charge in [-0.3, -0.25) is 0 Å². The molecule has 0 saturated carbocycles. The van der Waals surface area contributed by atoms with Crippen molar-refractivity contribution in [2.75, 3.05) is 33.0 Å². The van der Waals surface area contributed by atoms with E-state index in [2.05, 4.69) is 11.7 Å². The Balaban J connectivity index is 1.64. The number of unbranched alkanes of at least 4 members (excludes halogenated alkanes) is 3. The summed E-state index contributed by atoms with van der Waals surface area (Å²) in [7, 11) is 0. The minimum atomic E-state index is -1.21. The van der Waals surface area contributed by atoms with E-state index in [-0.39, 0.29) is 36.0 Å². The maximum atomic E-state index is 12.6. The molecule has 0 radical (unpaired) electrons. The minimum absolute atomic E-state index is 0.00130. The number of benzene rings is 1. The Labute approximate surface area is 199 Å². The highest BCUT2D eigenvalue weighted by Gasteiger charge is 2.48. The molecule has 0 spiro atoms. The van der Waals surface area contributed by atoms with E-state index in [0.29, 0.717) is 6.61 Å². The summed E-state index contributed by atoms with van der Waals surface area (Å²) in [5.41, 5.74) is -1.58. The maximum Gasteiger partial charge on any atom is 0.346 e. The fourth-order valence-electron chi connectivity index (χ4n) is 4.12. The number of carbonyl (C=O) groups is 3. The lowest BCUT2D eigenvalue weighted by atomic mass is 9.87. The lowest BCUT2D eigenvalue weighted by Gasteiger charge is -2.37. The number of aliphatic hydroxyl groups excluding tert-OH is 2. The summed E-state index contributed by atoms with van der Waals surface area (Å²) < 4.78 is 21.8. The van der Waals surface area contributed by atoms with Gasteiger partial charge < -0.3 is 29.2 Å². The zero-order valence-corrected chi connectivity index (χ0v) is 19.8. The van der Waals surface area contributed by atoms with Crippen LogP contribution in [0.4, 0.5) is 0 Å². The molecule has 0 amide bonds. The Morgan fingerprint density at radius 2 is 1.76 bits per heavy atom. The normalized spacial score (nSPS) is 18.9. The van der Waals surface area contributed by atoms with Crippen LogP contribution < -0.4 is 0 Å². The average Bonchev–Trinajstić information content (AvgIpc) is 3.67. The van der Waals surface area contributed by atoms with Gasteiger partial charge in [-0.2, -0.15) is 0 Å². The molecule has 2 N–H and O–H groups in total. The van der Waals surface area contributed by atoms with Gasteiger partial charge >= 0.3 is 17.9 Å². The lowest BCUT2D eigenvalue weighted by Crippen LogP contribution is -2.46. The molecule has 9 heteroatoms. The predicted octanol–water partition coefficient (Wildman–Crippen LogP) is 2.66. The number of hydrogen-bond acceptors (Lipinski definition) is 9. The van der Waals surface area contributed by atoms with Crippen molar-refractivity contribution < 1.29 is 43.5 Å². The first-order valence-electron chi connectivity index (χ1n) is 11.9. The summed E-state index contributed by atoms with van der Waals surface area (Å²) in [6.07, 6.45) is 5.87. The van der Waals surface area contributed by atoms with Crippen LogP contribution in [0.3, 0.4) is 0 Å². The number of esters is 3. The van der Waals surface area contributed by atoms with Crippen LogP contribution in [0, 0.1) is 5.41 Å². The van der Waals surface area contributed by atoms with Crippen LogP contribution in [-0.2, 0) is 18.9 Å². The quantitative estimate of drug-likeness (QED) is 0.169. The molecule has 0 aliphatic carbocycles. The molecule has 2 unspecified atom stereocenters. The lowest BCUT2D eigenvalue weighted by molar-refractivity contribution is -0.137. The second-order valence-corrected chi connectivity index (χ2v) is 9.17. The van der Waals surface area contributed by atoms with E-state index in [4.69, 9.17) is 14.2 Å². The van der Waals surface area contributed by atoms with E-state index >= 15 is 0 Å². The molecular weight excluding hydrogens is 444 g/mol. The van der Waals surface area contributed by atoms with Gasteiger partial charge in [0.25, 0.3) is 0 Å². The largest absolute Gasteiger partial charge is 0.461 e. The SMILES string of the molecule is CCCCCCC(CC)(OCC(CO)(CO)COC(=O)c1ccc2c(c1)C(=O)OC2=O)C1CO1. The Morgan fingerprint density at radius 3 is 2.38 bits per heavy atom. The van der Waals surface area contributed by atoms with Gasteiger partial charge in [0.1, 0.15) is 12.7 Å². The first kappa shape index (κ1) is 26.3. The fraction of sp³-hybridized carbons (Fsp3) is 0.640. The molecule has 2 heterocycles. The van der Waals surface area contributed by atoms with Crippen molar-refractivity contribution in [2.24, 2.45) is 5.41 Å². The first-order valence-corrected chi connectivity index (χ1v) is 11.9. The molecule has 1 saturated heterocycles. The summed E-state index contributed by atoms with van der Waals surface area (Å²) >= 11 is 0. The number of cyclic esters (lactones) is 2. The van der Waals surface area contributed by atoms with Gasteiger partial charge in [-0.1, -0.05) is 39.5 Å². The minimum Gasteiger partial charge on any atom is -0.461 e.